The molecule has 2 saturated heterocycles. The van der Waals surface area contributed by atoms with E-state index < -0.39 is 11.8 Å². The van der Waals surface area contributed by atoms with Crippen molar-refractivity contribution < 1.29 is 23.9 Å². The summed E-state index contributed by atoms with van der Waals surface area (Å²) < 4.78 is 6.02. The molecule has 4 amide bonds. The van der Waals surface area contributed by atoms with E-state index in [4.69, 9.17) is 4.74 Å². The molecular formula is C22H20N2O5S2. The van der Waals surface area contributed by atoms with Crippen LogP contribution < -0.4 is 4.74 Å². The number of carbonyl (C=O) groups is 4. The second kappa shape index (κ2) is 9.15. The van der Waals surface area contributed by atoms with Crippen LogP contribution in [0.25, 0.3) is 0 Å². The van der Waals surface area contributed by atoms with Crippen LogP contribution in [0.1, 0.15) is 31.8 Å². The first-order valence-corrected chi connectivity index (χ1v) is 11.7. The Morgan fingerprint density at radius 1 is 0.871 bits per heavy atom. The van der Waals surface area contributed by atoms with Crippen LogP contribution in [0.4, 0.5) is 9.59 Å². The van der Waals surface area contributed by atoms with Gasteiger partial charge in [0.25, 0.3) is 22.3 Å². The molecule has 160 valence electrons. The number of nitrogens with zero attached hydrogens (tertiary/aromatic N) is 2. The van der Waals surface area contributed by atoms with Crippen LogP contribution in [-0.4, -0.2) is 56.7 Å². The summed E-state index contributed by atoms with van der Waals surface area (Å²) in [5.74, 6) is 0.502. The van der Waals surface area contributed by atoms with Crippen LogP contribution in [-0.2, 0) is 6.61 Å². The maximum Gasteiger partial charge on any atom is 0.288 e. The number of rotatable bonds is 5. The molecule has 0 atom stereocenters. The Kier molecular flexibility index (Phi) is 6.33. The molecule has 2 fully saturated rings. The Balaban J connectivity index is 1.70. The molecule has 31 heavy (non-hydrogen) atoms. The van der Waals surface area contributed by atoms with Gasteiger partial charge in [0.1, 0.15) is 12.4 Å². The number of benzene rings is 2. The van der Waals surface area contributed by atoms with Crippen molar-refractivity contribution >= 4 is 45.8 Å². The lowest BCUT2D eigenvalue weighted by Gasteiger charge is -2.21. The van der Waals surface area contributed by atoms with E-state index in [0.29, 0.717) is 35.7 Å². The van der Waals surface area contributed by atoms with Crippen molar-refractivity contribution in [2.75, 3.05) is 24.6 Å². The summed E-state index contributed by atoms with van der Waals surface area (Å²) in [7, 11) is 0. The van der Waals surface area contributed by atoms with Gasteiger partial charge in [-0.15, -0.1) is 0 Å². The normalized spacial score (nSPS) is 16.2. The zero-order valence-electron chi connectivity index (χ0n) is 16.8. The minimum atomic E-state index is -0.451. The quantitative estimate of drug-likeness (QED) is 0.667. The monoisotopic (exact) mass is 456 g/mol. The Morgan fingerprint density at radius 2 is 1.42 bits per heavy atom. The molecule has 2 heterocycles. The van der Waals surface area contributed by atoms with Crippen molar-refractivity contribution in [3.05, 3.63) is 64.7 Å². The van der Waals surface area contributed by atoms with Gasteiger partial charge in [0.05, 0.1) is 5.56 Å². The molecule has 0 saturated carbocycles. The number of amides is 4. The largest absolute Gasteiger partial charge is 0.488 e. The van der Waals surface area contributed by atoms with E-state index in [2.05, 4.69) is 0 Å². The second-order valence-electron chi connectivity index (χ2n) is 7.03. The molecule has 4 rings (SSSR count). The third kappa shape index (κ3) is 4.33. The highest BCUT2D eigenvalue weighted by Gasteiger charge is 2.33. The lowest BCUT2D eigenvalue weighted by molar-refractivity contribution is 0.0813. The molecule has 2 aliphatic rings. The van der Waals surface area contributed by atoms with E-state index in [1.165, 1.54) is 21.9 Å². The SMILES string of the molecule is Cc1c(C(=O)N2CCSC2=O)ccc(C(=O)N2CCSC2=O)c1OCc1ccccc1. The lowest BCUT2D eigenvalue weighted by atomic mass is 10.0. The number of carbonyl (C=O) groups excluding carboxylic acids is 4. The van der Waals surface area contributed by atoms with Crippen LogP contribution in [0, 0.1) is 6.92 Å². The highest BCUT2D eigenvalue weighted by Crippen LogP contribution is 2.32. The summed E-state index contributed by atoms with van der Waals surface area (Å²) in [6.07, 6.45) is 0. The fourth-order valence-corrected chi connectivity index (χ4v) is 5.01. The molecule has 7 nitrogen and oxygen atoms in total. The molecule has 2 aromatic rings. The van der Waals surface area contributed by atoms with Gasteiger partial charge in [-0.3, -0.25) is 29.0 Å². The molecular weight excluding hydrogens is 436 g/mol. The van der Waals surface area contributed by atoms with Crippen LogP contribution in [0.3, 0.4) is 0 Å². The van der Waals surface area contributed by atoms with E-state index in [0.717, 1.165) is 29.1 Å². The van der Waals surface area contributed by atoms with Crippen LogP contribution in [0.15, 0.2) is 42.5 Å². The second-order valence-corrected chi connectivity index (χ2v) is 9.12. The molecule has 0 bridgehead atoms. The summed E-state index contributed by atoms with van der Waals surface area (Å²) in [6.45, 7) is 2.57. The van der Waals surface area contributed by atoms with E-state index in [1.807, 2.05) is 30.3 Å². The third-order valence-corrected chi connectivity index (χ3v) is 6.81. The predicted molar refractivity (Wildman–Crippen MR) is 120 cm³/mol. The summed E-state index contributed by atoms with van der Waals surface area (Å²) >= 11 is 2.20. The van der Waals surface area contributed by atoms with Gasteiger partial charge >= 0.3 is 0 Å². The molecule has 0 spiro atoms. The molecule has 0 radical (unpaired) electrons. The smallest absolute Gasteiger partial charge is 0.288 e. The number of hydrogen-bond acceptors (Lipinski definition) is 7. The zero-order chi connectivity index (χ0) is 22.0. The van der Waals surface area contributed by atoms with Crippen LogP contribution >= 0.6 is 23.5 Å². The predicted octanol–water partition coefficient (Wildman–Crippen LogP) is 4.19. The molecule has 2 aliphatic heterocycles. The van der Waals surface area contributed by atoms with Crippen molar-refractivity contribution in [2.45, 2.75) is 13.5 Å². The van der Waals surface area contributed by atoms with Gasteiger partial charge in [-0.2, -0.15) is 0 Å². The average Bonchev–Trinajstić information content (AvgIpc) is 3.40. The van der Waals surface area contributed by atoms with E-state index in [9.17, 15) is 19.2 Å². The zero-order valence-corrected chi connectivity index (χ0v) is 18.5. The third-order valence-electron chi connectivity index (χ3n) is 5.10. The van der Waals surface area contributed by atoms with Crippen molar-refractivity contribution in [2.24, 2.45) is 0 Å². The van der Waals surface area contributed by atoms with Crippen LogP contribution in [0.2, 0.25) is 0 Å². The lowest BCUT2D eigenvalue weighted by Crippen LogP contribution is -2.33. The van der Waals surface area contributed by atoms with Gasteiger partial charge in [-0.05, 0) is 24.6 Å². The van der Waals surface area contributed by atoms with Crippen LogP contribution in [0.5, 0.6) is 5.75 Å². The molecule has 0 aliphatic carbocycles. The summed E-state index contributed by atoms with van der Waals surface area (Å²) in [4.78, 5) is 52.6. The average molecular weight is 457 g/mol. The van der Waals surface area contributed by atoms with Gasteiger partial charge in [0, 0.05) is 35.7 Å². The van der Waals surface area contributed by atoms with E-state index in [1.54, 1.807) is 6.92 Å². The number of ether oxygens (including phenoxy) is 1. The fourth-order valence-electron chi connectivity index (χ4n) is 3.45. The summed E-state index contributed by atoms with van der Waals surface area (Å²) in [6, 6.07) is 12.5. The Labute approximate surface area is 188 Å². The maximum absolute atomic E-state index is 13.1. The molecule has 0 unspecified atom stereocenters. The van der Waals surface area contributed by atoms with E-state index in [-0.39, 0.29) is 28.4 Å². The van der Waals surface area contributed by atoms with Gasteiger partial charge in [0.15, 0.2) is 0 Å². The van der Waals surface area contributed by atoms with Crippen molar-refractivity contribution in [1.29, 1.82) is 0 Å². The molecule has 9 heteroatoms. The minimum absolute atomic E-state index is 0.195. The summed E-state index contributed by atoms with van der Waals surface area (Å²) in [5, 5.41) is -0.576. The maximum atomic E-state index is 13.1. The standard InChI is InChI=1S/C22H20N2O5S2/c1-14-16(19(25)23-9-11-30-21(23)27)7-8-17(20(26)24-10-12-31-22(24)28)18(14)29-13-15-5-3-2-4-6-15/h2-8H,9-13H2,1H3. The van der Waals surface area contributed by atoms with Gasteiger partial charge in [0.2, 0.25) is 0 Å². The fraction of sp³-hybridized carbons (Fsp3) is 0.273. The van der Waals surface area contributed by atoms with Gasteiger partial charge < -0.3 is 4.74 Å². The molecule has 2 aromatic carbocycles. The van der Waals surface area contributed by atoms with Gasteiger partial charge in [-0.1, -0.05) is 53.9 Å². The van der Waals surface area contributed by atoms with E-state index >= 15 is 0 Å². The Bertz CT molecular complexity index is 1060. The highest BCUT2D eigenvalue weighted by molar-refractivity contribution is 8.14. The van der Waals surface area contributed by atoms with Crippen molar-refractivity contribution in [3.8, 4) is 5.75 Å². The first-order chi connectivity index (χ1) is 15.0. The molecule has 0 aromatic heterocycles. The Hall–Kier alpha value is -2.78. The molecule has 0 N–H and O–H groups in total. The number of imide groups is 2. The van der Waals surface area contributed by atoms with Gasteiger partial charge in [-0.25, -0.2) is 0 Å². The summed E-state index contributed by atoms with van der Waals surface area (Å²) in [5.41, 5.74) is 1.90. The number of thioether (sulfide) groups is 2. The first kappa shape index (κ1) is 21.5. The Morgan fingerprint density at radius 3 is 1.97 bits per heavy atom. The number of hydrogen-bond donors (Lipinski definition) is 0. The minimum Gasteiger partial charge on any atom is -0.488 e. The highest BCUT2D eigenvalue weighted by atomic mass is 32.2. The topological polar surface area (TPSA) is 84.0 Å². The first-order valence-electron chi connectivity index (χ1n) is 9.75. The van der Waals surface area contributed by atoms with Crippen molar-refractivity contribution in [1.82, 2.24) is 9.80 Å². The van der Waals surface area contributed by atoms with Crippen molar-refractivity contribution in [3.63, 3.8) is 0 Å².